The van der Waals surface area contributed by atoms with Gasteiger partial charge in [-0.2, -0.15) is 13.2 Å². The summed E-state index contributed by atoms with van der Waals surface area (Å²) < 4.78 is 43.7. The quantitative estimate of drug-likeness (QED) is 0.762. The van der Waals surface area contributed by atoms with E-state index in [4.69, 9.17) is 4.43 Å². The second-order valence-corrected chi connectivity index (χ2v) is 9.38. The van der Waals surface area contributed by atoms with Crippen molar-refractivity contribution in [3.63, 3.8) is 0 Å². The first-order valence-electron chi connectivity index (χ1n) is 6.57. The van der Waals surface area contributed by atoms with E-state index in [0.29, 0.717) is 5.56 Å². The molecule has 2 aromatic carbocycles. The summed E-state index contributed by atoms with van der Waals surface area (Å²) in [6.07, 6.45) is -4.32. The summed E-state index contributed by atoms with van der Waals surface area (Å²) >= 11 is 0. The van der Waals surface area contributed by atoms with Gasteiger partial charge in [-0.25, -0.2) is 0 Å². The van der Waals surface area contributed by atoms with Gasteiger partial charge in [-0.3, -0.25) is 0 Å². The van der Waals surface area contributed by atoms with Crippen molar-refractivity contribution in [2.75, 3.05) is 7.11 Å². The maximum atomic E-state index is 12.7. The lowest BCUT2D eigenvalue weighted by Crippen LogP contribution is -2.43. The van der Waals surface area contributed by atoms with Gasteiger partial charge in [0.1, 0.15) is 0 Å². The molecule has 0 spiro atoms. The lowest BCUT2D eigenvalue weighted by atomic mass is 10.0. The molecule has 0 unspecified atom stereocenters. The van der Waals surface area contributed by atoms with Crippen LogP contribution in [0.25, 0.3) is 11.1 Å². The molecule has 2 aromatic rings. The van der Waals surface area contributed by atoms with Gasteiger partial charge in [0, 0.05) is 7.11 Å². The molecule has 112 valence electrons. The Bertz CT molecular complexity index is 618. The Hall–Kier alpha value is -1.59. The Morgan fingerprint density at radius 3 is 2.05 bits per heavy atom. The van der Waals surface area contributed by atoms with Crippen molar-refractivity contribution in [3.05, 3.63) is 54.1 Å². The first-order chi connectivity index (χ1) is 9.74. The smallest absolute Gasteiger partial charge is 0.416 e. The van der Waals surface area contributed by atoms with E-state index in [2.05, 4.69) is 13.1 Å². The van der Waals surface area contributed by atoms with Crippen molar-refractivity contribution < 1.29 is 17.6 Å². The van der Waals surface area contributed by atoms with E-state index in [1.165, 1.54) is 12.1 Å². The molecule has 0 aliphatic heterocycles. The van der Waals surface area contributed by atoms with Crippen LogP contribution < -0.4 is 5.19 Å². The molecule has 0 atom stereocenters. The third-order valence-electron chi connectivity index (χ3n) is 3.61. The van der Waals surface area contributed by atoms with Gasteiger partial charge in [-0.15, -0.1) is 0 Å². The van der Waals surface area contributed by atoms with E-state index in [0.717, 1.165) is 16.8 Å². The van der Waals surface area contributed by atoms with Gasteiger partial charge in [-0.05, 0) is 41.5 Å². The third kappa shape index (κ3) is 3.54. The molecule has 0 fully saturated rings. The Labute approximate surface area is 123 Å². The molecule has 21 heavy (non-hydrogen) atoms. The van der Waals surface area contributed by atoms with Gasteiger partial charge in [0.25, 0.3) is 0 Å². The summed E-state index contributed by atoms with van der Waals surface area (Å²) in [5.74, 6) is 0. The van der Waals surface area contributed by atoms with Crippen molar-refractivity contribution in [3.8, 4) is 11.1 Å². The topological polar surface area (TPSA) is 9.23 Å². The molecular weight excluding hydrogens is 293 g/mol. The molecule has 0 amide bonds. The van der Waals surface area contributed by atoms with Crippen LogP contribution in [-0.2, 0) is 10.6 Å². The normalized spacial score (nSPS) is 12.5. The zero-order valence-electron chi connectivity index (χ0n) is 12.2. The molecular formula is C16H17F3OSi. The Morgan fingerprint density at radius 1 is 0.905 bits per heavy atom. The van der Waals surface area contributed by atoms with Crippen molar-refractivity contribution >= 4 is 13.5 Å². The monoisotopic (exact) mass is 310 g/mol. The average Bonchev–Trinajstić information content (AvgIpc) is 2.47. The molecule has 0 saturated heterocycles. The lowest BCUT2D eigenvalue weighted by Gasteiger charge is -2.20. The SMILES string of the molecule is CO[Si](C)(C)c1ccc(-c2cccc(C(F)(F)F)c2)cc1. The minimum atomic E-state index is -4.32. The molecule has 0 N–H and O–H groups in total. The molecule has 0 aromatic heterocycles. The van der Waals surface area contributed by atoms with Crippen LogP contribution in [-0.4, -0.2) is 15.4 Å². The lowest BCUT2D eigenvalue weighted by molar-refractivity contribution is -0.137. The molecule has 5 heteroatoms. The van der Waals surface area contributed by atoms with Crippen molar-refractivity contribution in [1.29, 1.82) is 0 Å². The highest BCUT2D eigenvalue weighted by Gasteiger charge is 2.30. The number of hydrogen-bond acceptors (Lipinski definition) is 1. The van der Waals surface area contributed by atoms with Crippen LogP contribution in [0.5, 0.6) is 0 Å². The van der Waals surface area contributed by atoms with Crippen LogP contribution in [0.2, 0.25) is 13.1 Å². The molecule has 0 heterocycles. The van der Waals surface area contributed by atoms with E-state index in [1.807, 2.05) is 24.3 Å². The molecule has 0 aliphatic rings. The molecule has 0 radical (unpaired) electrons. The predicted molar refractivity (Wildman–Crippen MR) is 81.0 cm³/mol. The van der Waals surface area contributed by atoms with Crippen LogP contribution >= 0.6 is 0 Å². The van der Waals surface area contributed by atoms with E-state index in [-0.39, 0.29) is 0 Å². The Balaban J connectivity index is 2.36. The van der Waals surface area contributed by atoms with E-state index in [9.17, 15) is 13.2 Å². The number of hydrogen-bond donors (Lipinski definition) is 0. The fourth-order valence-electron chi connectivity index (χ4n) is 2.06. The van der Waals surface area contributed by atoms with Crippen LogP contribution in [0.15, 0.2) is 48.5 Å². The van der Waals surface area contributed by atoms with Crippen molar-refractivity contribution in [1.82, 2.24) is 0 Å². The minimum Gasteiger partial charge on any atom is -0.416 e. The first-order valence-corrected chi connectivity index (χ1v) is 9.48. The Kier molecular flexibility index (Phi) is 4.25. The zero-order valence-corrected chi connectivity index (χ0v) is 13.2. The van der Waals surface area contributed by atoms with E-state index >= 15 is 0 Å². The molecule has 0 aliphatic carbocycles. The molecule has 0 saturated carbocycles. The maximum Gasteiger partial charge on any atom is 0.416 e. The van der Waals surface area contributed by atoms with Crippen molar-refractivity contribution in [2.45, 2.75) is 19.3 Å². The summed E-state index contributed by atoms with van der Waals surface area (Å²) in [4.78, 5) is 0. The fourth-order valence-corrected chi connectivity index (χ4v) is 3.26. The number of rotatable bonds is 3. The molecule has 1 nitrogen and oxygen atoms in total. The van der Waals surface area contributed by atoms with Crippen LogP contribution in [0.1, 0.15) is 5.56 Å². The van der Waals surface area contributed by atoms with Gasteiger partial charge in [0.2, 0.25) is 8.32 Å². The summed E-state index contributed by atoms with van der Waals surface area (Å²) in [5, 5.41) is 1.11. The number of benzene rings is 2. The first kappa shape index (κ1) is 15.8. The van der Waals surface area contributed by atoms with Gasteiger partial charge < -0.3 is 4.43 Å². The highest BCUT2D eigenvalue weighted by molar-refractivity contribution is 6.84. The minimum absolute atomic E-state index is 0.563. The van der Waals surface area contributed by atoms with Crippen LogP contribution in [0, 0.1) is 0 Å². The van der Waals surface area contributed by atoms with E-state index < -0.39 is 20.1 Å². The Morgan fingerprint density at radius 2 is 1.52 bits per heavy atom. The molecule has 0 bridgehead atoms. The van der Waals surface area contributed by atoms with Gasteiger partial charge in [-0.1, -0.05) is 36.4 Å². The number of alkyl halides is 3. The summed E-state index contributed by atoms with van der Waals surface area (Å²) in [6.45, 7) is 4.15. The summed E-state index contributed by atoms with van der Waals surface area (Å²) in [6, 6.07) is 12.9. The van der Waals surface area contributed by atoms with Crippen LogP contribution in [0.3, 0.4) is 0 Å². The third-order valence-corrected chi connectivity index (χ3v) is 6.36. The predicted octanol–water partition coefficient (Wildman–Crippen LogP) is 4.43. The van der Waals surface area contributed by atoms with Gasteiger partial charge in [0.15, 0.2) is 0 Å². The van der Waals surface area contributed by atoms with Crippen molar-refractivity contribution in [2.24, 2.45) is 0 Å². The standard InChI is InChI=1S/C16H17F3OSi/c1-20-21(2,3)15-9-7-12(8-10-15)13-5-4-6-14(11-13)16(17,18)19/h4-11H,1-3H3. The second kappa shape index (κ2) is 5.65. The van der Waals surface area contributed by atoms with Gasteiger partial charge >= 0.3 is 6.18 Å². The largest absolute Gasteiger partial charge is 0.416 e. The second-order valence-electron chi connectivity index (χ2n) is 5.37. The fraction of sp³-hybridized carbons (Fsp3) is 0.250. The maximum absolute atomic E-state index is 12.7. The number of halogens is 3. The van der Waals surface area contributed by atoms with E-state index in [1.54, 1.807) is 13.2 Å². The zero-order chi connectivity index (χ0) is 15.7. The summed E-state index contributed by atoms with van der Waals surface area (Å²) in [5.41, 5.74) is 0.703. The highest BCUT2D eigenvalue weighted by Crippen LogP contribution is 2.32. The summed E-state index contributed by atoms with van der Waals surface area (Å²) in [7, 11) is -0.211. The van der Waals surface area contributed by atoms with Crippen LogP contribution in [0.4, 0.5) is 13.2 Å². The average molecular weight is 310 g/mol. The van der Waals surface area contributed by atoms with Gasteiger partial charge in [0.05, 0.1) is 5.56 Å². The highest BCUT2D eigenvalue weighted by atomic mass is 28.4. The molecule has 2 rings (SSSR count).